The monoisotopic (exact) mass is 536 g/mol. The Kier molecular flexibility index (Phi) is 10.6. The molecular weight excluding hydrogens is 500 g/mol. The summed E-state index contributed by atoms with van der Waals surface area (Å²) in [7, 11) is 3.13. The second-order valence-corrected chi connectivity index (χ2v) is 9.42. The molecule has 208 valence electrons. The van der Waals surface area contributed by atoms with Gasteiger partial charge in [-0.05, 0) is 73.2 Å². The predicted molar refractivity (Wildman–Crippen MR) is 147 cm³/mol. The van der Waals surface area contributed by atoms with Crippen LogP contribution in [0.4, 0.5) is 0 Å². The van der Waals surface area contributed by atoms with Gasteiger partial charge in [-0.15, -0.1) is 0 Å². The summed E-state index contributed by atoms with van der Waals surface area (Å²) in [5, 5.41) is 0. The number of rotatable bonds is 12. The van der Waals surface area contributed by atoms with Crippen LogP contribution in [-0.2, 0) is 19.1 Å². The molecule has 2 aliphatic rings. The molecule has 4 rings (SSSR count). The van der Waals surface area contributed by atoms with Crippen LogP contribution >= 0.6 is 0 Å². The van der Waals surface area contributed by atoms with Crippen molar-refractivity contribution in [2.45, 2.75) is 57.5 Å². The third-order valence-corrected chi connectivity index (χ3v) is 6.44. The molecule has 0 aliphatic carbocycles. The van der Waals surface area contributed by atoms with Gasteiger partial charge in [-0.25, -0.2) is 0 Å². The summed E-state index contributed by atoms with van der Waals surface area (Å²) in [4.78, 5) is 24.8. The van der Waals surface area contributed by atoms with Crippen LogP contribution in [0.2, 0.25) is 0 Å². The maximum absolute atomic E-state index is 12.4. The fraction of sp³-hybridized carbons (Fsp3) is 0.419. The highest BCUT2D eigenvalue weighted by molar-refractivity contribution is 6.10. The third kappa shape index (κ3) is 8.70. The van der Waals surface area contributed by atoms with Gasteiger partial charge >= 0.3 is 0 Å². The van der Waals surface area contributed by atoms with E-state index in [2.05, 4.69) is 0 Å². The maximum Gasteiger partial charge on any atom is 0.200 e. The van der Waals surface area contributed by atoms with Gasteiger partial charge in [0.25, 0.3) is 0 Å². The van der Waals surface area contributed by atoms with E-state index in [0.29, 0.717) is 36.2 Å². The Labute approximate surface area is 229 Å². The molecule has 0 N–H and O–H groups in total. The molecule has 0 amide bonds. The SMILES string of the molecule is COc1cc(/C=C/C(=O)CC(=O)/C=C/c2ccc(OC3CCCCO3)c(OC)c2)ccc1OC1CCCCO1. The molecule has 0 bridgehead atoms. The first kappa shape index (κ1) is 28.4. The number of carbonyl (C=O) groups is 2. The van der Waals surface area contributed by atoms with Gasteiger partial charge in [0.1, 0.15) is 0 Å². The number of methoxy groups -OCH3 is 2. The first-order valence-electron chi connectivity index (χ1n) is 13.4. The van der Waals surface area contributed by atoms with Crippen molar-refractivity contribution in [3.8, 4) is 23.0 Å². The molecule has 0 spiro atoms. The predicted octanol–water partition coefficient (Wildman–Crippen LogP) is 5.77. The van der Waals surface area contributed by atoms with E-state index in [1.807, 2.05) is 12.1 Å². The van der Waals surface area contributed by atoms with Crippen molar-refractivity contribution in [2.24, 2.45) is 0 Å². The molecule has 2 aromatic carbocycles. The Hall–Kier alpha value is -3.62. The van der Waals surface area contributed by atoms with Gasteiger partial charge < -0.3 is 28.4 Å². The van der Waals surface area contributed by atoms with E-state index < -0.39 is 0 Å². The Bertz CT molecular complexity index is 1080. The molecule has 2 fully saturated rings. The van der Waals surface area contributed by atoms with E-state index in [-0.39, 0.29) is 30.6 Å². The van der Waals surface area contributed by atoms with Crippen LogP contribution in [0.15, 0.2) is 48.6 Å². The van der Waals surface area contributed by atoms with E-state index in [4.69, 9.17) is 28.4 Å². The highest BCUT2D eigenvalue weighted by Crippen LogP contribution is 2.32. The molecular formula is C31H36O8. The minimum absolute atomic E-state index is 0.234. The lowest BCUT2D eigenvalue weighted by Gasteiger charge is -2.24. The molecule has 2 unspecified atom stereocenters. The highest BCUT2D eigenvalue weighted by Gasteiger charge is 2.18. The van der Waals surface area contributed by atoms with Crippen molar-refractivity contribution < 1.29 is 38.0 Å². The zero-order valence-electron chi connectivity index (χ0n) is 22.6. The summed E-state index contributed by atoms with van der Waals surface area (Å²) in [6.07, 6.45) is 11.2. The molecule has 2 aromatic rings. The number of carbonyl (C=O) groups excluding carboxylic acids is 2. The number of hydrogen-bond acceptors (Lipinski definition) is 8. The summed E-state index contributed by atoms with van der Waals surface area (Å²) in [6.45, 7) is 1.38. The van der Waals surface area contributed by atoms with Gasteiger partial charge in [0.05, 0.1) is 33.9 Å². The third-order valence-electron chi connectivity index (χ3n) is 6.44. The normalized spacial score (nSPS) is 19.6. The van der Waals surface area contributed by atoms with E-state index >= 15 is 0 Å². The van der Waals surface area contributed by atoms with Crippen molar-refractivity contribution in [1.82, 2.24) is 0 Å². The zero-order valence-corrected chi connectivity index (χ0v) is 22.6. The van der Waals surface area contributed by atoms with E-state index in [9.17, 15) is 9.59 Å². The summed E-state index contributed by atoms with van der Waals surface area (Å²) in [5.41, 5.74) is 1.52. The number of ether oxygens (including phenoxy) is 6. The van der Waals surface area contributed by atoms with Crippen molar-refractivity contribution >= 4 is 23.7 Å². The summed E-state index contributed by atoms with van der Waals surface area (Å²) < 4.78 is 34.0. The van der Waals surface area contributed by atoms with Gasteiger partial charge in [0.2, 0.25) is 0 Å². The summed E-state index contributed by atoms with van der Waals surface area (Å²) in [6, 6.07) is 10.8. The number of allylic oxidation sites excluding steroid dienone is 2. The van der Waals surface area contributed by atoms with Crippen LogP contribution in [0.5, 0.6) is 23.0 Å². The lowest BCUT2D eigenvalue weighted by Crippen LogP contribution is -2.25. The van der Waals surface area contributed by atoms with Crippen LogP contribution in [0.25, 0.3) is 12.2 Å². The molecule has 2 aliphatic heterocycles. The second kappa shape index (κ2) is 14.5. The first-order chi connectivity index (χ1) is 19.0. The Balaban J connectivity index is 1.29. The largest absolute Gasteiger partial charge is 0.493 e. The van der Waals surface area contributed by atoms with Crippen LogP contribution < -0.4 is 18.9 Å². The van der Waals surface area contributed by atoms with Crippen molar-refractivity contribution in [3.05, 3.63) is 59.7 Å². The van der Waals surface area contributed by atoms with Crippen molar-refractivity contribution in [1.29, 1.82) is 0 Å². The topological polar surface area (TPSA) is 89.5 Å². The minimum Gasteiger partial charge on any atom is -0.493 e. The summed E-state index contributed by atoms with van der Waals surface area (Å²) in [5.74, 6) is 1.69. The van der Waals surface area contributed by atoms with E-state index in [1.54, 1.807) is 50.6 Å². The summed E-state index contributed by atoms with van der Waals surface area (Å²) >= 11 is 0. The van der Waals surface area contributed by atoms with Crippen LogP contribution in [0.3, 0.4) is 0 Å². The van der Waals surface area contributed by atoms with Gasteiger partial charge in [0, 0.05) is 12.8 Å². The van der Waals surface area contributed by atoms with Gasteiger partial charge in [-0.1, -0.05) is 24.3 Å². The quantitative estimate of drug-likeness (QED) is 0.250. The van der Waals surface area contributed by atoms with Gasteiger partial charge in [-0.2, -0.15) is 0 Å². The van der Waals surface area contributed by atoms with Crippen molar-refractivity contribution in [2.75, 3.05) is 27.4 Å². The van der Waals surface area contributed by atoms with Crippen LogP contribution in [0.1, 0.15) is 56.1 Å². The van der Waals surface area contributed by atoms with Crippen LogP contribution in [0, 0.1) is 0 Å². The molecule has 2 atom stereocenters. The highest BCUT2D eigenvalue weighted by atomic mass is 16.7. The average Bonchev–Trinajstić information content (AvgIpc) is 2.97. The molecule has 2 saturated heterocycles. The van der Waals surface area contributed by atoms with E-state index in [0.717, 1.165) is 49.7 Å². The van der Waals surface area contributed by atoms with E-state index in [1.165, 1.54) is 12.2 Å². The molecule has 8 nitrogen and oxygen atoms in total. The number of benzene rings is 2. The standard InChI is InChI=1S/C31H36O8/c1-34-28-19-22(11-15-26(28)38-30-7-3-5-17-36-30)9-13-24(32)21-25(33)14-10-23-12-16-27(29(20-23)35-2)39-31-8-4-6-18-37-31/h9-16,19-20,30-31H,3-8,17-18,21H2,1-2H3/b13-9+,14-10+. The first-order valence-corrected chi connectivity index (χ1v) is 13.4. The molecule has 39 heavy (non-hydrogen) atoms. The second-order valence-electron chi connectivity index (χ2n) is 9.42. The molecule has 0 radical (unpaired) electrons. The lowest BCUT2D eigenvalue weighted by molar-refractivity contribution is -0.121. The molecule has 0 saturated carbocycles. The Morgan fingerprint density at radius 2 is 1.18 bits per heavy atom. The molecule has 2 heterocycles. The molecule has 0 aromatic heterocycles. The zero-order chi connectivity index (χ0) is 27.5. The Morgan fingerprint density at radius 1 is 0.718 bits per heavy atom. The lowest BCUT2D eigenvalue weighted by atomic mass is 10.1. The number of ketones is 2. The Morgan fingerprint density at radius 3 is 1.56 bits per heavy atom. The maximum atomic E-state index is 12.4. The number of hydrogen-bond donors (Lipinski definition) is 0. The minimum atomic E-state index is -0.298. The fourth-order valence-corrected chi connectivity index (χ4v) is 4.33. The van der Waals surface area contributed by atoms with Crippen molar-refractivity contribution in [3.63, 3.8) is 0 Å². The molecule has 8 heteroatoms. The van der Waals surface area contributed by atoms with Gasteiger partial charge in [-0.3, -0.25) is 9.59 Å². The van der Waals surface area contributed by atoms with Crippen LogP contribution in [-0.4, -0.2) is 51.6 Å². The smallest absolute Gasteiger partial charge is 0.200 e. The fourth-order valence-electron chi connectivity index (χ4n) is 4.33. The van der Waals surface area contributed by atoms with Gasteiger partial charge in [0.15, 0.2) is 47.1 Å². The average molecular weight is 537 g/mol.